The summed E-state index contributed by atoms with van der Waals surface area (Å²) in [6.07, 6.45) is 0. The van der Waals surface area contributed by atoms with Gasteiger partial charge in [0.05, 0.1) is 0 Å². The Bertz CT molecular complexity index is 139. The molecule has 0 aromatic carbocycles. The zero-order chi connectivity index (χ0) is 7.65. The minimum Gasteiger partial charge on any atom is -0.768 e. The van der Waals surface area contributed by atoms with Crippen molar-refractivity contribution in [3.63, 3.8) is 0 Å². The average Bonchev–Trinajstić information content (AvgIpc) is 1.65. The highest BCUT2D eigenvalue weighted by Gasteiger charge is 2.40. The van der Waals surface area contributed by atoms with E-state index in [2.05, 4.69) is 0 Å². The van der Waals surface area contributed by atoms with Crippen molar-refractivity contribution >= 4 is 17.1 Å². The molecule has 0 rings (SSSR count). The van der Waals surface area contributed by atoms with Gasteiger partial charge in [0.2, 0.25) is 0 Å². The van der Waals surface area contributed by atoms with Gasteiger partial charge >= 0.3 is 11.3 Å². The summed E-state index contributed by atoms with van der Waals surface area (Å²) in [5.41, 5.74) is 0. The molecule has 0 aliphatic carbocycles. The quantitative estimate of drug-likeness (QED) is 0.421. The second-order valence-corrected chi connectivity index (χ2v) is 2.01. The van der Waals surface area contributed by atoms with Crippen molar-refractivity contribution in [3.05, 3.63) is 0 Å². The Hall–Kier alpha value is -0.430. The zero-order valence-corrected chi connectivity index (χ0v) is 4.58. The first-order valence-electron chi connectivity index (χ1n) is 1.56. The number of hydrogen-bond acceptors (Lipinski definition) is 3. The maximum absolute atomic E-state index is 11.3. The highest BCUT2D eigenvalue weighted by Crippen LogP contribution is 2.18. The van der Waals surface area contributed by atoms with Crippen molar-refractivity contribution in [2.45, 2.75) is 5.25 Å². The van der Waals surface area contributed by atoms with E-state index < -0.39 is 22.4 Å². The van der Waals surface area contributed by atoms with Gasteiger partial charge in [-0.05, 0) is 0 Å². The van der Waals surface area contributed by atoms with Crippen molar-refractivity contribution < 1.29 is 26.7 Å². The summed E-state index contributed by atoms with van der Waals surface area (Å²) in [7, 11) is 0. The van der Waals surface area contributed by atoms with E-state index in [4.69, 9.17) is 4.79 Å². The van der Waals surface area contributed by atoms with Gasteiger partial charge in [0.1, 0.15) is 0 Å². The lowest BCUT2D eigenvalue weighted by atomic mass is 10.8. The Kier molecular flexibility index (Phi) is 2.32. The molecule has 3 nitrogen and oxygen atoms in total. The van der Waals surface area contributed by atoms with Crippen molar-refractivity contribution in [2.75, 3.05) is 0 Å². The molecule has 0 N–H and O–H groups in total. The predicted octanol–water partition coefficient (Wildman–Crippen LogP) is -0.0456. The summed E-state index contributed by atoms with van der Waals surface area (Å²) >= 11 is -4.01. The van der Waals surface area contributed by atoms with Crippen LogP contribution in [0.15, 0.2) is 0 Å². The van der Waals surface area contributed by atoms with Crippen LogP contribution in [0.5, 0.6) is 0 Å². The van der Waals surface area contributed by atoms with Crippen LogP contribution in [-0.4, -0.2) is 20.1 Å². The minimum absolute atomic E-state index is 3.17. The fourth-order valence-electron chi connectivity index (χ4n) is 0.0655. The maximum atomic E-state index is 11.3. The van der Waals surface area contributed by atoms with E-state index in [0.29, 0.717) is 0 Å². The summed E-state index contributed by atoms with van der Waals surface area (Å²) < 4.78 is 52.1. The topological polar surface area (TPSA) is 57.2 Å². The normalized spacial score (nSPS) is 15.1. The molecule has 0 radical (unpaired) electrons. The Morgan fingerprint density at radius 3 is 1.89 bits per heavy atom. The molecule has 1 atom stereocenters. The largest absolute Gasteiger partial charge is 0.768 e. The molecule has 0 saturated carbocycles. The van der Waals surface area contributed by atoms with Gasteiger partial charge in [-0.3, -0.25) is 9.00 Å². The minimum atomic E-state index is -4.89. The Labute approximate surface area is 50.1 Å². The number of rotatable bonds is 2. The second-order valence-electron chi connectivity index (χ2n) is 1.03. The van der Waals surface area contributed by atoms with E-state index in [-0.39, 0.29) is 0 Å². The molecule has 0 aliphatic rings. The Morgan fingerprint density at radius 1 is 1.56 bits per heavy atom. The third kappa shape index (κ3) is 1.75. The van der Waals surface area contributed by atoms with Crippen LogP contribution in [0.3, 0.4) is 0 Å². The van der Waals surface area contributed by atoms with Crippen molar-refractivity contribution in [3.8, 4) is 0 Å². The van der Waals surface area contributed by atoms with Gasteiger partial charge in [0, 0.05) is 11.1 Å². The standard InChI is InChI=1S/C2HF3O3S/c3-1(6)2(4,5)9(7)8/h(H,7,8)/p-1. The lowest BCUT2D eigenvalue weighted by Crippen LogP contribution is -2.30. The summed E-state index contributed by atoms with van der Waals surface area (Å²) in [5, 5.41) is -4.89. The summed E-state index contributed by atoms with van der Waals surface area (Å²) in [4.78, 5) is 9.10. The first-order chi connectivity index (χ1) is 3.89. The molecule has 7 heteroatoms. The van der Waals surface area contributed by atoms with Crippen LogP contribution >= 0.6 is 0 Å². The third-order valence-corrected chi connectivity index (χ3v) is 1.02. The first kappa shape index (κ1) is 8.57. The smallest absolute Gasteiger partial charge is 0.397 e. The number of carbonyl (C=O) groups is 1. The number of carbonyl (C=O) groups excluding carboxylic acids is 1. The summed E-state index contributed by atoms with van der Waals surface area (Å²) in [6.45, 7) is 0. The molecule has 0 amide bonds. The molecule has 1 unspecified atom stereocenters. The van der Waals surface area contributed by atoms with E-state index >= 15 is 0 Å². The van der Waals surface area contributed by atoms with E-state index in [1.165, 1.54) is 0 Å². The van der Waals surface area contributed by atoms with Crippen molar-refractivity contribution in [2.24, 2.45) is 0 Å². The molecule has 0 bridgehead atoms. The molecular formula is C2F3O3S-. The lowest BCUT2D eigenvalue weighted by molar-refractivity contribution is -0.145. The summed E-state index contributed by atoms with van der Waals surface area (Å²) in [5.74, 6) is 0. The van der Waals surface area contributed by atoms with Gasteiger partial charge in [-0.25, -0.2) is 0 Å². The fourth-order valence-corrected chi connectivity index (χ4v) is 0.197. The molecule has 0 fully saturated rings. The van der Waals surface area contributed by atoms with Crippen LogP contribution in [-0.2, 0) is 15.9 Å². The second kappa shape index (κ2) is 2.44. The molecule has 0 saturated heterocycles. The predicted molar refractivity (Wildman–Crippen MR) is 20.0 cm³/mol. The Morgan fingerprint density at radius 2 is 1.89 bits per heavy atom. The van der Waals surface area contributed by atoms with Crippen LogP contribution < -0.4 is 0 Å². The van der Waals surface area contributed by atoms with E-state index in [0.717, 1.165) is 0 Å². The molecule has 54 valence electrons. The van der Waals surface area contributed by atoms with Crippen molar-refractivity contribution in [1.29, 1.82) is 0 Å². The summed E-state index contributed by atoms with van der Waals surface area (Å²) in [6, 6.07) is -3.17. The molecule has 0 aromatic heterocycles. The molecule has 0 heterocycles. The van der Waals surface area contributed by atoms with Gasteiger partial charge in [0.15, 0.2) is 0 Å². The van der Waals surface area contributed by atoms with Gasteiger partial charge in [-0.15, -0.1) is 0 Å². The average molecular weight is 161 g/mol. The highest BCUT2D eigenvalue weighted by molar-refractivity contribution is 7.81. The van der Waals surface area contributed by atoms with E-state index in [9.17, 15) is 21.9 Å². The van der Waals surface area contributed by atoms with E-state index in [1.54, 1.807) is 0 Å². The SMILES string of the molecule is O=C(F)C(F)(F)S(=O)[O-]. The van der Waals surface area contributed by atoms with Gasteiger partial charge < -0.3 is 4.55 Å². The van der Waals surface area contributed by atoms with Crippen molar-refractivity contribution in [1.82, 2.24) is 0 Å². The molecule has 0 aromatic rings. The van der Waals surface area contributed by atoms with Crippen LogP contribution in [0.4, 0.5) is 13.2 Å². The lowest BCUT2D eigenvalue weighted by Gasteiger charge is -2.11. The number of alkyl halides is 2. The van der Waals surface area contributed by atoms with Gasteiger partial charge in [0.25, 0.3) is 0 Å². The van der Waals surface area contributed by atoms with Crippen LogP contribution in [0, 0.1) is 0 Å². The van der Waals surface area contributed by atoms with E-state index in [1.807, 2.05) is 0 Å². The van der Waals surface area contributed by atoms with Crippen LogP contribution in [0.1, 0.15) is 0 Å². The number of hydrogen-bond donors (Lipinski definition) is 0. The highest BCUT2D eigenvalue weighted by atomic mass is 32.2. The maximum Gasteiger partial charge on any atom is 0.397 e. The molecule has 0 aliphatic heterocycles. The molecule has 9 heavy (non-hydrogen) atoms. The molecule has 0 spiro atoms. The van der Waals surface area contributed by atoms with Crippen LogP contribution in [0.2, 0.25) is 0 Å². The zero-order valence-electron chi connectivity index (χ0n) is 3.77. The Balaban J connectivity index is 4.38. The van der Waals surface area contributed by atoms with Crippen LogP contribution in [0.25, 0.3) is 0 Å². The first-order valence-corrected chi connectivity index (χ1v) is 2.63. The molecular weight excluding hydrogens is 161 g/mol. The number of halogens is 3. The third-order valence-electron chi connectivity index (χ3n) is 0.438. The van der Waals surface area contributed by atoms with Gasteiger partial charge in [-0.1, -0.05) is 0 Å². The fraction of sp³-hybridized carbons (Fsp3) is 0.500. The monoisotopic (exact) mass is 161 g/mol. The van der Waals surface area contributed by atoms with Gasteiger partial charge in [-0.2, -0.15) is 13.2 Å².